The van der Waals surface area contributed by atoms with E-state index in [1.807, 2.05) is 0 Å². The van der Waals surface area contributed by atoms with Crippen LogP contribution in [0.1, 0.15) is 5.56 Å². The second-order valence-corrected chi connectivity index (χ2v) is 4.78. The maximum Gasteiger partial charge on any atom is 0.0361 e. The van der Waals surface area contributed by atoms with Crippen LogP contribution in [-0.4, -0.2) is 32.6 Å². The highest BCUT2D eigenvalue weighted by Crippen LogP contribution is 2.15. The molecule has 1 aliphatic heterocycles. The summed E-state index contributed by atoms with van der Waals surface area (Å²) in [5.74, 6) is 0. The molecule has 18 heavy (non-hydrogen) atoms. The van der Waals surface area contributed by atoms with Gasteiger partial charge in [0.15, 0.2) is 0 Å². The zero-order valence-corrected chi connectivity index (χ0v) is 11.3. The van der Waals surface area contributed by atoms with Crippen LogP contribution in [0, 0.1) is 0 Å². The Morgan fingerprint density at radius 1 is 1.11 bits per heavy atom. The molecule has 0 unspecified atom stereocenters. The Morgan fingerprint density at radius 2 is 1.83 bits per heavy atom. The molecule has 1 aromatic carbocycles. The lowest BCUT2D eigenvalue weighted by Crippen LogP contribution is -2.12. The van der Waals surface area contributed by atoms with Crippen LogP contribution in [0.25, 0.3) is 6.08 Å². The minimum Gasteiger partial charge on any atom is -0.378 e. The molecule has 1 aliphatic rings. The first-order valence-electron chi connectivity index (χ1n) is 6.19. The van der Waals surface area contributed by atoms with Crippen LogP contribution in [0.3, 0.4) is 0 Å². The standard InChI is InChI=1S/C16H20N2/c1-17(2)16-8-6-14(7-9-16)4-5-15-10-12-18(3)13-11-15/h4-12H,13H2,1-3H3. The molecule has 0 spiro atoms. The molecular weight excluding hydrogens is 220 g/mol. The van der Waals surface area contributed by atoms with Crippen molar-refractivity contribution in [3.63, 3.8) is 0 Å². The number of nitrogens with zero attached hydrogens (tertiary/aromatic N) is 2. The Labute approximate surface area is 110 Å². The van der Waals surface area contributed by atoms with Gasteiger partial charge in [-0.15, -0.1) is 0 Å². The van der Waals surface area contributed by atoms with Crippen LogP contribution >= 0.6 is 0 Å². The van der Waals surface area contributed by atoms with Crippen molar-refractivity contribution in [1.82, 2.24) is 4.90 Å². The van der Waals surface area contributed by atoms with E-state index < -0.39 is 0 Å². The lowest BCUT2D eigenvalue weighted by molar-refractivity contribution is 0.503. The van der Waals surface area contributed by atoms with Crippen molar-refractivity contribution >= 4 is 11.8 Å². The summed E-state index contributed by atoms with van der Waals surface area (Å²) in [5, 5.41) is 0. The van der Waals surface area contributed by atoms with Crippen LogP contribution in [0.4, 0.5) is 5.69 Å². The van der Waals surface area contributed by atoms with Gasteiger partial charge in [-0.2, -0.15) is 0 Å². The minimum atomic E-state index is 0.982. The van der Waals surface area contributed by atoms with Crippen molar-refractivity contribution in [2.75, 3.05) is 32.6 Å². The van der Waals surface area contributed by atoms with Gasteiger partial charge in [-0.3, -0.25) is 0 Å². The number of hydrogen-bond donors (Lipinski definition) is 0. The van der Waals surface area contributed by atoms with Crippen molar-refractivity contribution in [3.05, 3.63) is 59.8 Å². The number of allylic oxidation sites excluding steroid dienone is 3. The summed E-state index contributed by atoms with van der Waals surface area (Å²) in [5.41, 5.74) is 3.73. The molecule has 0 radical (unpaired) electrons. The summed E-state index contributed by atoms with van der Waals surface area (Å²) >= 11 is 0. The van der Waals surface area contributed by atoms with E-state index in [1.54, 1.807) is 0 Å². The summed E-state index contributed by atoms with van der Waals surface area (Å²) in [4.78, 5) is 4.26. The van der Waals surface area contributed by atoms with E-state index in [0.29, 0.717) is 0 Å². The molecule has 2 rings (SSSR count). The lowest BCUT2D eigenvalue weighted by Gasteiger charge is -2.15. The van der Waals surface area contributed by atoms with Gasteiger partial charge in [0.05, 0.1) is 0 Å². The second-order valence-electron chi connectivity index (χ2n) is 4.78. The summed E-state index contributed by atoms with van der Waals surface area (Å²) in [7, 11) is 6.19. The predicted molar refractivity (Wildman–Crippen MR) is 79.7 cm³/mol. The zero-order chi connectivity index (χ0) is 13.0. The molecule has 0 bridgehead atoms. The fourth-order valence-electron chi connectivity index (χ4n) is 1.79. The maximum atomic E-state index is 2.23. The lowest BCUT2D eigenvalue weighted by atomic mass is 10.1. The quantitative estimate of drug-likeness (QED) is 0.801. The Hall–Kier alpha value is -1.96. The van der Waals surface area contributed by atoms with E-state index in [-0.39, 0.29) is 0 Å². The molecule has 0 aliphatic carbocycles. The highest BCUT2D eigenvalue weighted by atomic mass is 15.1. The largest absolute Gasteiger partial charge is 0.378 e. The van der Waals surface area contributed by atoms with Gasteiger partial charge in [-0.05, 0) is 35.5 Å². The summed E-state index contributed by atoms with van der Waals surface area (Å²) in [6.45, 7) is 0.982. The number of rotatable bonds is 3. The molecule has 0 amide bonds. The smallest absolute Gasteiger partial charge is 0.0361 e. The van der Waals surface area contributed by atoms with E-state index in [4.69, 9.17) is 0 Å². The van der Waals surface area contributed by atoms with Gasteiger partial charge in [-0.1, -0.05) is 30.4 Å². The van der Waals surface area contributed by atoms with Crippen molar-refractivity contribution in [1.29, 1.82) is 0 Å². The molecular formula is C16H20N2. The molecule has 94 valence electrons. The topological polar surface area (TPSA) is 6.48 Å². The van der Waals surface area contributed by atoms with Gasteiger partial charge in [0, 0.05) is 33.4 Å². The number of hydrogen-bond acceptors (Lipinski definition) is 2. The monoisotopic (exact) mass is 240 g/mol. The third-order valence-corrected chi connectivity index (χ3v) is 3.01. The van der Waals surface area contributed by atoms with E-state index in [1.165, 1.54) is 16.8 Å². The molecule has 0 saturated heterocycles. The third kappa shape index (κ3) is 3.27. The molecule has 1 aromatic rings. The fourth-order valence-corrected chi connectivity index (χ4v) is 1.79. The number of likely N-dealkylation sites (N-methyl/N-ethyl adjacent to an activating group) is 1. The van der Waals surface area contributed by atoms with E-state index in [9.17, 15) is 0 Å². The Morgan fingerprint density at radius 3 is 2.39 bits per heavy atom. The van der Waals surface area contributed by atoms with Crippen molar-refractivity contribution in [3.8, 4) is 0 Å². The highest BCUT2D eigenvalue weighted by Gasteiger charge is 1.97. The average molecular weight is 240 g/mol. The van der Waals surface area contributed by atoms with Crippen LogP contribution in [0.15, 0.2) is 54.3 Å². The molecule has 2 heteroatoms. The van der Waals surface area contributed by atoms with Crippen molar-refractivity contribution < 1.29 is 0 Å². The van der Waals surface area contributed by atoms with Crippen LogP contribution in [0.2, 0.25) is 0 Å². The first-order valence-corrected chi connectivity index (χ1v) is 6.19. The normalized spacial score (nSPS) is 15.1. The van der Waals surface area contributed by atoms with Crippen molar-refractivity contribution in [2.24, 2.45) is 0 Å². The summed E-state index contributed by atoms with van der Waals surface area (Å²) in [6, 6.07) is 8.56. The van der Waals surface area contributed by atoms with Gasteiger partial charge in [0.1, 0.15) is 0 Å². The van der Waals surface area contributed by atoms with Gasteiger partial charge in [0.25, 0.3) is 0 Å². The van der Waals surface area contributed by atoms with E-state index >= 15 is 0 Å². The molecule has 1 heterocycles. The number of benzene rings is 1. The maximum absolute atomic E-state index is 2.23. The van der Waals surface area contributed by atoms with Gasteiger partial charge in [-0.25, -0.2) is 0 Å². The third-order valence-electron chi connectivity index (χ3n) is 3.01. The van der Waals surface area contributed by atoms with Crippen molar-refractivity contribution in [2.45, 2.75) is 0 Å². The van der Waals surface area contributed by atoms with E-state index in [0.717, 1.165) is 6.54 Å². The minimum absolute atomic E-state index is 0.982. The average Bonchev–Trinajstić information content (AvgIpc) is 2.38. The zero-order valence-electron chi connectivity index (χ0n) is 11.3. The SMILES string of the molecule is CN1C=CC(C=Cc2ccc(N(C)C)cc2)=CC1. The molecule has 0 saturated carbocycles. The second kappa shape index (κ2) is 5.58. The predicted octanol–water partition coefficient (Wildman–Crippen LogP) is 3.15. The first kappa shape index (κ1) is 12.5. The van der Waals surface area contributed by atoms with Crippen LogP contribution in [-0.2, 0) is 0 Å². The summed E-state index contributed by atoms with van der Waals surface area (Å²) in [6.07, 6.45) is 10.8. The fraction of sp³-hybridized carbons (Fsp3) is 0.250. The van der Waals surface area contributed by atoms with E-state index in [2.05, 4.69) is 85.7 Å². The van der Waals surface area contributed by atoms with Gasteiger partial charge in [0.2, 0.25) is 0 Å². The molecule has 0 aromatic heterocycles. The molecule has 0 atom stereocenters. The molecule has 0 fully saturated rings. The highest BCUT2D eigenvalue weighted by molar-refractivity contribution is 5.58. The Kier molecular flexibility index (Phi) is 3.88. The molecule has 2 nitrogen and oxygen atoms in total. The summed E-state index contributed by atoms with van der Waals surface area (Å²) < 4.78 is 0. The first-order chi connectivity index (χ1) is 8.65. The van der Waals surface area contributed by atoms with Crippen LogP contribution < -0.4 is 4.90 Å². The van der Waals surface area contributed by atoms with Crippen LogP contribution in [0.5, 0.6) is 0 Å². The number of anilines is 1. The van der Waals surface area contributed by atoms with Gasteiger partial charge < -0.3 is 9.80 Å². The van der Waals surface area contributed by atoms with Gasteiger partial charge >= 0.3 is 0 Å². The Bertz CT molecular complexity index is 478. The Balaban J connectivity index is 2.03. The molecule has 0 N–H and O–H groups in total.